The fraction of sp³-hybridized carbons (Fsp3) is 0.273. The van der Waals surface area contributed by atoms with Crippen LogP contribution in [0.3, 0.4) is 0 Å². The van der Waals surface area contributed by atoms with Crippen LogP contribution in [0.1, 0.15) is 22.5 Å². The molecule has 0 spiro atoms. The maximum Gasteiger partial charge on any atom is 0.0544 e. The summed E-state index contributed by atoms with van der Waals surface area (Å²) in [5, 5.41) is 3.60. The van der Waals surface area contributed by atoms with E-state index < -0.39 is 0 Å². The van der Waals surface area contributed by atoms with Gasteiger partial charge in [0.25, 0.3) is 0 Å². The summed E-state index contributed by atoms with van der Waals surface area (Å²) < 4.78 is 0. The van der Waals surface area contributed by atoms with Crippen molar-refractivity contribution in [1.82, 2.24) is 14.9 Å². The van der Waals surface area contributed by atoms with Crippen LogP contribution in [0.15, 0.2) is 67.0 Å². The molecule has 0 fully saturated rings. The number of nitrogens with zero attached hydrogens (tertiary/aromatic N) is 3. The molecule has 0 aliphatic carbocycles. The SMILES string of the molecule is Cc1cccc(C)c1NCCN(Cc1ccccn1)Cc1ccccn1.[Co]. The van der Waals surface area contributed by atoms with E-state index in [0.29, 0.717) is 0 Å². The van der Waals surface area contributed by atoms with Crippen molar-refractivity contribution in [3.63, 3.8) is 0 Å². The average molecular weight is 405 g/mol. The van der Waals surface area contributed by atoms with Gasteiger partial charge in [-0.25, -0.2) is 0 Å². The van der Waals surface area contributed by atoms with E-state index in [1.165, 1.54) is 16.8 Å². The summed E-state index contributed by atoms with van der Waals surface area (Å²) in [6.45, 7) is 7.72. The first-order chi connectivity index (χ1) is 12.7. The predicted octanol–water partition coefficient (Wildman–Crippen LogP) is 4.21. The molecule has 0 aliphatic rings. The Morgan fingerprint density at radius 1 is 0.778 bits per heavy atom. The normalized spacial score (nSPS) is 10.5. The van der Waals surface area contributed by atoms with Crippen LogP contribution in [0.25, 0.3) is 0 Å². The van der Waals surface area contributed by atoms with Gasteiger partial charge in [-0.2, -0.15) is 0 Å². The summed E-state index contributed by atoms with van der Waals surface area (Å²) in [7, 11) is 0. The zero-order chi connectivity index (χ0) is 18.2. The molecule has 2 aromatic heterocycles. The molecule has 4 nitrogen and oxygen atoms in total. The molecule has 0 aliphatic heterocycles. The zero-order valence-corrected chi connectivity index (χ0v) is 16.9. The third kappa shape index (κ3) is 6.47. The molecule has 1 aromatic carbocycles. The number of rotatable bonds is 8. The number of hydrogen-bond donors (Lipinski definition) is 1. The van der Waals surface area contributed by atoms with Gasteiger partial charge in [0, 0.05) is 61.0 Å². The number of aryl methyl sites for hydroxylation is 2. The van der Waals surface area contributed by atoms with Crippen molar-refractivity contribution in [2.75, 3.05) is 18.4 Å². The van der Waals surface area contributed by atoms with Crippen molar-refractivity contribution in [2.24, 2.45) is 0 Å². The van der Waals surface area contributed by atoms with Gasteiger partial charge in [0.1, 0.15) is 0 Å². The maximum absolute atomic E-state index is 4.47. The minimum absolute atomic E-state index is 0. The topological polar surface area (TPSA) is 41.0 Å². The Labute approximate surface area is 172 Å². The summed E-state index contributed by atoms with van der Waals surface area (Å²) in [5.74, 6) is 0. The van der Waals surface area contributed by atoms with Crippen molar-refractivity contribution >= 4 is 5.69 Å². The van der Waals surface area contributed by atoms with E-state index >= 15 is 0 Å². The first-order valence-corrected chi connectivity index (χ1v) is 9.04. The molecular formula is C22H26CoN4. The molecule has 0 saturated heterocycles. The standard InChI is InChI=1S/C22H26N4.Co/c1-18-8-7-9-19(2)22(18)25-14-15-26(16-20-10-3-5-12-23-20)17-21-11-4-6-13-24-21;/h3-13,25H,14-17H2,1-2H3;. The maximum atomic E-state index is 4.47. The number of benzene rings is 1. The fourth-order valence-electron chi connectivity index (χ4n) is 3.09. The summed E-state index contributed by atoms with van der Waals surface area (Å²) in [5.41, 5.74) is 5.96. The van der Waals surface area contributed by atoms with E-state index in [4.69, 9.17) is 0 Å². The smallest absolute Gasteiger partial charge is 0.0544 e. The monoisotopic (exact) mass is 405 g/mol. The van der Waals surface area contributed by atoms with E-state index in [-0.39, 0.29) is 16.8 Å². The molecule has 0 atom stereocenters. The molecule has 27 heavy (non-hydrogen) atoms. The van der Waals surface area contributed by atoms with Gasteiger partial charge in [-0.3, -0.25) is 14.9 Å². The van der Waals surface area contributed by atoms with Crippen LogP contribution in [0.4, 0.5) is 5.69 Å². The minimum atomic E-state index is 0. The van der Waals surface area contributed by atoms with Gasteiger partial charge in [-0.05, 0) is 49.2 Å². The summed E-state index contributed by atoms with van der Waals surface area (Å²) in [4.78, 5) is 11.3. The van der Waals surface area contributed by atoms with Gasteiger partial charge in [0.05, 0.1) is 11.4 Å². The average Bonchev–Trinajstić information content (AvgIpc) is 2.66. The third-order valence-corrected chi connectivity index (χ3v) is 4.43. The Hall–Kier alpha value is -2.21. The predicted molar refractivity (Wildman–Crippen MR) is 107 cm³/mol. The van der Waals surface area contributed by atoms with Gasteiger partial charge in [-0.1, -0.05) is 30.3 Å². The number of para-hydroxylation sites is 1. The zero-order valence-electron chi connectivity index (χ0n) is 15.9. The summed E-state index contributed by atoms with van der Waals surface area (Å²) >= 11 is 0. The second-order valence-corrected chi connectivity index (χ2v) is 6.55. The number of aromatic nitrogens is 2. The third-order valence-electron chi connectivity index (χ3n) is 4.43. The van der Waals surface area contributed by atoms with Crippen LogP contribution < -0.4 is 5.32 Å². The molecule has 0 bridgehead atoms. The van der Waals surface area contributed by atoms with Gasteiger partial charge < -0.3 is 5.32 Å². The van der Waals surface area contributed by atoms with Gasteiger partial charge in [0.2, 0.25) is 0 Å². The van der Waals surface area contributed by atoms with Gasteiger partial charge in [-0.15, -0.1) is 0 Å². The largest absolute Gasteiger partial charge is 0.383 e. The number of anilines is 1. The van der Waals surface area contributed by atoms with E-state index in [0.717, 1.165) is 37.6 Å². The van der Waals surface area contributed by atoms with Crippen LogP contribution in [0.5, 0.6) is 0 Å². The first-order valence-electron chi connectivity index (χ1n) is 9.04. The molecule has 0 unspecified atom stereocenters. The van der Waals surface area contributed by atoms with Crippen molar-refractivity contribution in [1.29, 1.82) is 0 Å². The quantitative estimate of drug-likeness (QED) is 0.610. The Bertz CT molecular complexity index is 747. The summed E-state index contributed by atoms with van der Waals surface area (Å²) in [6.07, 6.45) is 3.70. The number of nitrogens with one attached hydrogen (secondary N) is 1. The Morgan fingerprint density at radius 3 is 1.81 bits per heavy atom. The second-order valence-electron chi connectivity index (χ2n) is 6.55. The van der Waals surface area contributed by atoms with Crippen LogP contribution in [-0.2, 0) is 29.9 Å². The van der Waals surface area contributed by atoms with Crippen molar-refractivity contribution in [3.8, 4) is 0 Å². The number of pyridine rings is 2. The summed E-state index contributed by atoms with van der Waals surface area (Å²) in [6, 6.07) is 18.5. The van der Waals surface area contributed by atoms with E-state index in [1.807, 2.05) is 36.7 Å². The number of hydrogen-bond acceptors (Lipinski definition) is 4. The molecule has 1 radical (unpaired) electrons. The fourth-order valence-corrected chi connectivity index (χ4v) is 3.09. The molecule has 143 valence electrons. The van der Waals surface area contributed by atoms with E-state index in [9.17, 15) is 0 Å². The van der Waals surface area contributed by atoms with Crippen molar-refractivity contribution in [2.45, 2.75) is 26.9 Å². The van der Waals surface area contributed by atoms with Crippen LogP contribution in [0.2, 0.25) is 0 Å². The second kappa shape index (κ2) is 10.8. The molecule has 3 rings (SSSR count). The van der Waals surface area contributed by atoms with E-state index in [2.05, 4.69) is 64.4 Å². The molecular weight excluding hydrogens is 379 g/mol. The first kappa shape index (κ1) is 21.1. The van der Waals surface area contributed by atoms with Gasteiger partial charge >= 0.3 is 0 Å². The van der Waals surface area contributed by atoms with Gasteiger partial charge in [0.15, 0.2) is 0 Å². The van der Waals surface area contributed by atoms with Crippen LogP contribution in [-0.4, -0.2) is 28.0 Å². The Balaban J connectivity index is 0.00000261. The van der Waals surface area contributed by atoms with Crippen molar-refractivity contribution in [3.05, 3.63) is 89.5 Å². The molecule has 0 amide bonds. The molecule has 3 aromatic rings. The van der Waals surface area contributed by atoms with E-state index in [1.54, 1.807) is 0 Å². The Morgan fingerprint density at radius 2 is 1.33 bits per heavy atom. The molecule has 5 heteroatoms. The minimum Gasteiger partial charge on any atom is -0.383 e. The van der Waals surface area contributed by atoms with Crippen LogP contribution >= 0.6 is 0 Å². The molecule has 0 saturated carbocycles. The molecule has 2 heterocycles. The Kier molecular flexibility index (Phi) is 8.45. The molecule has 1 N–H and O–H groups in total. The van der Waals surface area contributed by atoms with Crippen LogP contribution in [0, 0.1) is 13.8 Å². The van der Waals surface area contributed by atoms with Crippen molar-refractivity contribution < 1.29 is 16.8 Å².